The monoisotopic (exact) mass is 316 g/mol. The Kier molecular flexibility index (Phi) is 6.81. The fourth-order valence-electron chi connectivity index (χ4n) is 1.54. The van der Waals surface area contributed by atoms with Crippen molar-refractivity contribution in [2.75, 3.05) is 26.4 Å². The van der Waals surface area contributed by atoms with E-state index in [9.17, 15) is 9.59 Å². The molecule has 2 aliphatic heterocycles. The van der Waals surface area contributed by atoms with Crippen molar-refractivity contribution in [3.8, 4) is 0 Å². The summed E-state index contributed by atoms with van der Waals surface area (Å²) in [6.45, 7) is 12.9. The van der Waals surface area contributed by atoms with Crippen molar-refractivity contribution in [1.29, 1.82) is 0 Å². The van der Waals surface area contributed by atoms with E-state index in [2.05, 4.69) is 25.5 Å². The molecule has 6 nitrogen and oxygen atoms in total. The zero-order chi connectivity index (χ0) is 16.8. The summed E-state index contributed by atoms with van der Waals surface area (Å²) in [6.07, 6.45) is 1.30. The predicted molar refractivity (Wildman–Crippen MR) is 80.3 cm³/mol. The Balaban J connectivity index is 0.000000287. The maximum atomic E-state index is 11.9. The lowest BCUT2D eigenvalue weighted by Gasteiger charge is -2.38. The second kappa shape index (κ2) is 7.92. The molecule has 2 aliphatic rings. The van der Waals surface area contributed by atoms with E-state index >= 15 is 0 Å². The third-order valence-corrected chi connectivity index (χ3v) is 4.64. The summed E-state index contributed by atoms with van der Waals surface area (Å²) in [4.78, 5) is 21.4. The number of esters is 1. The molecule has 2 fully saturated rings. The summed E-state index contributed by atoms with van der Waals surface area (Å²) >= 11 is 0. The van der Waals surface area contributed by atoms with Crippen molar-refractivity contribution < 1.29 is 28.5 Å². The van der Waals surface area contributed by atoms with Gasteiger partial charge < -0.3 is 18.9 Å². The van der Waals surface area contributed by atoms with Crippen LogP contribution < -0.4 is 0 Å². The van der Waals surface area contributed by atoms with Crippen molar-refractivity contribution in [3.63, 3.8) is 0 Å². The van der Waals surface area contributed by atoms with Crippen molar-refractivity contribution >= 4 is 12.4 Å². The highest BCUT2D eigenvalue weighted by Gasteiger charge is 2.43. The van der Waals surface area contributed by atoms with Crippen LogP contribution in [0.15, 0.2) is 0 Å². The molecule has 0 aromatic carbocycles. The molecule has 6 heteroatoms. The van der Waals surface area contributed by atoms with Crippen LogP contribution in [0.5, 0.6) is 0 Å². The average molecular weight is 316 g/mol. The summed E-state index contributed by atoms with van der Waals surface area (Å²) < 4.78 is 19.3. The normalized spacial score (nSPS) is 23.0. The molecule has 0 aromatic rings. The molecular weight excluding hydrogens is 288 g/mol. The lowest BCUT2D eigenvalue weighted by molar-refractivity contribution is -0.161. The minimum Gasteiger partial charge on any atom is -0.465 e. The molecule has 0 aromatic heterocycles. The molecule has 2 unspecified atom stereocenters. The van der Waals surface area contributed by atoms with E-state index in [1.165, 1.54) is 0 Å². The third-order valence-electron chi connectivity index (χ3n) is 4.64. The van der Waals surface area contributed by atoms with Gasteiger partial charge in [-0.25, -0.2) is 0 Å². The van der Waals surface area contributed by atoms with Gasteiger partial charge in [0.15, 0.2) is 0 Å². The summed E-state index contributed by atoms with van der Waals surface area (Å²) in [5.74, 6) is -0.121. The van der Waals surface area contributed by atoms with Crippen LogP contribution in [0.1, 0.15) is 41.0 Å². The molecule has 0 aliphatic carbocycles. The van der Waals surface area contributed by atoms with Gasteiger partial charge in [0.1, 0.15) is 25.4 Å². The van der Waals surface area contributed by atoms with Crippen LogP contribution in [0.3, 0.4) is 0 Å². The maximum absolute atomic E-state index is 11.9. The molecule has 0 spiro atoms. The SMILES string of the molecule is CCC(C)(C)C(C)(C)C(=O)OCC1CO1.O=COCC1CO1. The predicted octanol–water partition coefficient (Wildman–Crippen LogP) is 1.95. The zero-order valence-corrected chi connectivity index (χ0v) is 14.2. The van der Waals surface area contributed by atoms with Gasteiger partial charge in [-0.05, 0) is 25.7 Å². The van der Waals surface area contributed by atoms with Crippen molar-refractivity contribution in [2.24, 2.45) is 10.8 Å². The Hall–Kier alpha value is -1.14. The fourth-order valence-corrected chi connectivity index (χ4v) is 1.54. The summed E-state index contributed by atoms with van der Waals surface area (Å²) in [5, 5.41) is 0. The van der Waals surface area contributed by atoms with Gasteiger partial charge in [0.05, 0.1) is 18.6 Å². The molecule has 0 radical (unpaired) electrons. The molecule has 2 atom stereocenters. The Labute approximate surface area is 132 Å². The van der Waals surface area contributed by atoms with E-state index in [4.69, 9.17) is 14.2 Å². The standard InChI is InChI=1S/C12H22O3.C4H6O3/c1-6-11(2,3)12(4,5)10(13)15-8-9-7-14-9;5-3-6-1-4-2-7-4/h9H,6-8H2,1-5H3;3-4H,1-2H2. The van der Waals surface area contributed by atoms with E-state index < -0.39 is 5.41 Å². The van der Waals surface area contributed by atoms with Crippen LogP contribution in [0, 0.1) is 10.8 Å². The first-order valence-corrected chi connectivity index (χ1v) is 7.70. The number of hydrogen-bond donors (Lipinski definition) is 0. The second-order valence-electron chi connectivity index (χ2n) is 6.80. The van der Waals surface area contributed by atoms with Gasteiger partial charge in [0.25, 0.3) is 6.47 Å². The molecule has 2 rings (SSSR count). The Morgan fingerprint density at radius 1 is 1.14 bits per heavy atom. The first-order chi connectivity index (χ1) is 10.2. The first-order valence-electron chi connectivity index (χ1n) is 7.70. The summed E-state index contributed by atoms with van der Waals surface area (Å²) in [7, 11) is 0. The third kappa shape index (κ3) is 5.93. The highest BCUT2D eigenvalue weighted by Crippen LogP contribution is 2.42. The van der Waals surface area contributed by atoms with Gasteiger partial charge >= 0.3 is 5.97 Å². The van der Waals surface area contributed by atoms with Gasteiger partial charge in [-0.1, -0.05) is 20.8 Å². The molecule has 0 N–H and O–H groups in total. The van der Waals surface area contributed by atoms with Gasteiger partial charge in [0.2, 0.25) is 0 Å². The largest absolute Gasteiger partial charge is 0.465 e. The minimum atomic E-state index is -0.448. The van der Waals surface area contributed by atoms with E-state index in [-0.39, 0.29) is 23.6 Å². The molecule has 0 saturated carbocycles. The summed E-state index contributed by atoms with van der Waals surface area (Å²) in [6, 6.07) is 0. The topological polar surface area (TPSA) is 77.7 Å². The number of epoxide rings is 2. The number of ether oxygens (including phenoxy) is 4. The molecule has 2 heterocycles. The van der Waals surface area contributed by atoms with Gasteiger partial charge in [-0.15, -0.1) is 0 Å². The van der Waals surface area contributed by atoms with Crippen LogP contribution in [-0.4, -0.2) is 51.1 Å². The molecule has 128 valence electrons. The fraction of sp³-hybridized carbons (Fsp3) is 0.875. The number of rotatable bonds is 8. The molecule has 0 bridgehead atoms. The van der Waals surface area contributed by atoms with E-state index in [0.29, 0.717) is 19.7 Å². The lowest BCUT2D eigenvalue weighted by Crippen LogP contribution is -2.40. The maximum Gasteiger partial charge on any atom is 0.312 e. The van der Waals surface area contributed by atoms with Crippen molar-refractivity contribution in [1.82, 2.24) is 0 Å². The first kappa shape index (κ1) is 18.9. The molecule has 22 heavy (non-hydrogen) atoms. The van der Waals surface area contributed by atoms with Gasteiger partial charge in [-0.2, -0.15) is 0 Å². The molecule has 0 amide bonds. The van der Waals surface area contributed by atoms with Crippen molar-refractivity contribution in [2.45, 2.75) is 53.2 Å². The number of hydrogen-bond acceptors (Lipinski definition) is 6. The van der Waals surface area contributed by atoms with Crippen LogP contribution >= 0.6 is 0 Å². The number of carbonyl (C=O) groups is 2. The molecular formula is C16H28O6. The quantitative estimate of drug-likeness (QED) is 0.387. The van der Waals surface area contributed by atoms with E-state index in [0.717, 1.165) is 19.6 Å². The van der Waals surface area contributed by atoms with E-state index in [1.54, 1.807) is 0 Å². The number of carbonyl (C=O) groups excluding carboxylic acids is 2. The van der Waals surface area contributed by atoms with Gasteiger partial charge in [0, 0.05) is 0 Å². The van der Waals surface area contributed by atoms with Crippen LogP contribution in [-0.2, 0) is 28.5 Å². The van der Waals surface area contributed by atoms with Crippen LogP contribution in [0.2, 0.25) is 0 Å². The second-order valence-corrected chi connectivity index (χ2v) is 6.80. The Morgan fingerprint density at radius 3 is 2.05 bits per heavy atom. The Morgan fingerprint density at radius 2 is 1.64 bits per heavy atom. The van der Waals surface area contributed by atoms with E-state index in [1.807, 2.05) is 13.8 Å². The van der Waals surface area contributed by atoms with Crippen LogP contribution in [0.4, 0.5) is 0 Å². The Bertz CT molecular complexity index is 369. The minimum absolute atomic E-state index is 0.0471. The highest BCUT2D eigenvalue weighted by molar-refractivity contribution is 5.77. The van der Waals surface area contributed by atoms with Crippen LogP contribution in [0.25, 0.3) is 0 Å². The summed E-state index contributed by atoms with van der Waals surface area (Å²) in [5.41, 5.74) is -0.495. The zero-order valence-electron chi connectivity index (χ0n) is 14.2. The van der Waals surface area contributed by atoms with Crippen molar-refractivity contribution in [3.05, 3.63) is 0 Å². The lowest BCUT2D eigenvalue weighted by atomic mass is 9.66. The average Bonchev–Trinajstić information content (AvgIpc) is 3.37. The smallest absolute Gasteiger partial charge is 0.312 e. The molecule has 2 saturated heterocycles. The highest BCUT2D eigenvalue weighted by atomic mass is 16.6. The van der Waals surface area contributed by atoms with Gasteiger partial charge in [-0.3, -0.25) is 9.59 Å².